The Hall–Kier alpha value is -1.25. The van der Waals surface area contributed by atoms with Crippen LogP contribution < -0.4 is 0 Å². The van der Waals surface area contributed by atoms with Crippen molar-refractivity contribution >= 4 is 37.8 Å². The molecule has 1 aliphatic rings. The maximum atomic E-state index is 13.8. The molecule has 0 spiro atoms. The molecule has 0 aromatic heterocycles. The van der Waals surface area contributed by atoms with Gasteiger partial charge in [0.15, 0.2) is 9.84 Å². The molecule has 1 unspecified atom stereocenters. The van der Waals surface area contributed by atoms with E-state index in [1.54, 1.807) is 24.1 Å². The SMILES string of the molecule is COCCCN(C(=O)/C=C/c1cc(Br)ccc1F)C1CCS(=O)(=O)C1. The Morgan fingerprint density at radius 3 is 2.88 bits per heavy atom. The highest BCUT2D eigenvalue weighted by Crippen LogP contribution is 2.20. The van der Waals surface area contributed by atoms with E-state index in [0.29, 0.717) is 36.0 Å². The Balaban J connectivity index is 2.14. The van der Waals surface area contributed by atoms with Crippen molar-refractivity contribution in [2.75, 3.05) is 31.8 Å². The van der Waals surface area contributed by atoms with Gasteiger partial charge in [-0.1, -0.05) is 15.9 Å². The lowest BCUT2D eigenvalue weighted by Crippen LogP contribution is -2.41. The summed E-state index contributed by atoms with van der Waals surface area (Å²) < 4.78 is 42.9. The van der Waals surface area contributed by atoms with Crippen molar-refractivity contribution in [2.24, 2.45) is 0 Å². The minimum Gasteiger partial charge on any atom is -0.385 e. The molecule has 25 heavy (non-hydrogen) atoms. The Labute approximate surface area is 155 Å². The van der Waals surface area contributed by atoms with Crippen molar-refractivity contribution in [3.8, 4) is 0 Å². The zero-order valence-corrected chi connectivity index (χ0v) is 16.4. The summed E-state index contributed by atoms with van der Waals surface area (Å²) in [6.07, 6.45) is 3.75. The number of amides is 1. The fraction of sp³-hybridized carbons (Fsp3) is 0.471. The minimum absolute atomic E-state index is 0.0230. The molecule has 0 N–H and O–H groups in total. The van der Waals surface area contributed by atoms with E-state index in [1.165, 1.54) is 18.2 Å². The average molecular weight is 434 g/mol. The number of hydrogen-bond donors (Lipinski definition) is 0. The summed E-state index contributed by atoms with van der Waals surface area (Å²) in [5, 5.41) is 0. The number of carbonyl (C=O) groups excluding carboxylic acids is 1. The number of carbonyl (C=O) groups is 1. The summed E-state index contributed by atoms with van der Waals surface area (Å²) in [6, 6.07) is 4.13. The maximum Gasteiger partial charge on any atom is 0.246 e. The molecular weight excluding hydrogens is 413 g/mol. The van der Waals surface area contributed by atoms with E-state index < -0.39 is 15.7 Å². The van der Waals surface area contributed by atoms with Crippen LogP contribution in [0.15, 0.2) is 28.7 Å². The van der Waals surface area contributed by atoms with Crippen LogP contribution in [0.2, 0.25) is 0 Å². The summed E-state index contributed by atoms with van der Waals surface area (Å²) in [5.74, 6) is -0.681. The maximum absolute atomic E-state index is 13.8. The van der Waals surface area contributed by atoms with E-state index in [4.69, 9.17) is 4.74 Å². The average Bonchev–Trinajstić information content (AvgIpc) is 2.92. The van der Waals surface area contributed by atoms with Crippen molar-refractivity contribution in [1.82, 2.24) is 4.90 Å². The second-order valence-electron chi connectivity index (χ2n) is 5.93. The Bertz CT molecular complexity index is 751. The lowest BCUT2D eigenvalue weighted by Gasteiger charge is -2.27. The summed E-state index contributed by atoms with van der Waals surface area (Å²) in [6.45, 7) is 0.880. The first-order chi connectivity index (χ1) is 11.8. The third kappa shape index (κ3) is 5.90. The molecule has 0 saturated carbocycles. The molecule has 1 fully saturated rings. The molecule has 0 bridgehead atoms. The van der Waals surface area contributed by atoms with E-state index in [1.807, 2.05) is 0 Å². The summed E-state index contributed by atoms with van der Waals surface area (Å²) in [4.78, 5) is 14.1. The third-order valence-electron chi connectivity index (χ3n) is 4.04. The summed E-state index contributed by atoms with van der Waals surface area (Å²) in [7, 11) is -1.53. The van der Waals surface area contributed by atoms with Gasteiger partial charge in [0, 0.05) is 42.4 Å². The molecule has 1 aliphatic heterocycles. The van der Waals surface area contributed by atoms with Crippen LogP contribution in [0.4, 0.5) is 4.39 Å². The second-order valence-corrected chi connectivity index (χ2v) is 9.08. The molecule has 2 rings (SSSR count). The molecule has 1 amide bonds. The second kappa shape index (κ2) is 8.91. The van der Waals surface area contributed by atoms with E-state index in [9.17, 15) is 17.6 Å². The number of ether oxygens (including phenoxy) is 1. The van der Waals surface area contributed by atoms with Crippen LogP contribution in [0.5, 0.6) is 0 Å². The Kier molecular flexibility index (Phi) is 7.15. The van der Waals surface area contributed by atoms with Gasteiger partial charge in [0.05, 0.1) is 11.5 Å². The van der Waals surface area contributed by atoms with Crippen LogP contribution in [0.3, 0.4) is 0 Å². The lowest BCUT2D eigenvalue weighted by molar-refractivity contribution is -0.127. The van der Waals surface area contributed by atoms with Crippen molar-refractivity contribution < 1.29 is 22.3 Å². The molecule has 0 radical (unpaired) electrons. The minimum atomic E-state index is -3.10. The molecule has 1 atom stereocenters. The molecule has 1 aromatic carbocycles. The lowest BCUT2D eigenvalue weighted by atomic mass is 10.1. The van der Waals surface area contributed by atoms with Gasteiger partial charge in [0.2, 0.25) is 5.91 Å². The smallest absolute Gasteiger partial charge is 0.246 e. The molecule has 8 heteroatoms. The van der Waals surface area contributed by atoms with Crippen LogP contribution in [0.25, 0.3) is 6.08 Å². The number of sulfone groups is 1. The van der Waals surface area contributed by atoms with Crippen LogP contribution in [-0.4, -0.2) is 57.0 Å². The predicted molar refractivity (Wildman–Crippen MR) is 98.4 cm³/mol. The number of methoxy groups -OCH3 is 1. The number of nitrogens with zero attached hydrogens (tertiary/aromatic N) is 1. The molecule has 1 saturated heterocycles. The van der Waals surface area contributed by atoms with E-state index in [-0.39, 0.29) is 23.5 Å². The van der Waals surface area contributed by atoms with Crippen molar-refractivity contribution in [2.45, 2.75) is 18.9 Å². The monoisotopic (exact) mass is 433 g/mol. The van der Waals surface area contributed by atoms with Gasteiger partial charge in [-0.05, 0) is 37.1 Å². The first-order valence-electron chi connectivity index (χ1n) is 7.95. The molecule has 1 heterocycles. The highest BCUT2D eigenvalue weighted by molar-refractivity contribution is 9.10. The highest BCUT2D eigenvalue weighted by atomic mass is 79.9. The van der Waals surface area contributed by atoms with Crippen LogP contribution in [-0.2, 0) is 19.4 Å². The normalized spacial score (nSPS) is 19.4. The number of rotatable bonds is 7. The molecule has 138 valence electrons. The van der Waals surface area contributed by atoms with Gasteiger partial charge < -0.3 is 9.64 Å². The fourth-order valence-electron chi connectivity index (χ4n) is 2.77. The molecular formula is C17H21BrFNO4S. The quantitative estimate of drug-likeness (QED) is 0.489. The molecule has 0 aliphatic carbocycles. The third-order valence-corrected chi connectivity index (χ3v) is 6.29. The number of halogens is 2. The largest absolute Gasteiger partial charge is 0.385 e. The van der Waals surface area contributed by atoms with E-state index in [2.05, 4.69) is 15.9 Å². The van der Waals surface area contributed by atoms with Gasteiger partial charge in [-0.25, -0.2) is 12.8 Å². The summed E-state index contributed by atoms with van der Waals surface area (Å²) in [5.41, 5.74) is 0.290. The zero-order chi connectivity index (χ0) is 18.4. The van der Waals surface area contributed by atoms with E-state index >= 15 is 0 Å². The van der Waals surface area contributed by atoms with Crippen molar-refractivity contribution in [1.29, 1.82) is 0 Å². The Morgan fingerprint density at radius 1 is 1.48 bits per heavy atom. The summed E-state index contributed by atoms with van der Waals surface area (Å²) >= 11 is 3.26. The first kappa shape index (κ1) is 20.1. The van der Waals surface area contributed by atoms with Gasteiger partial charge >= 0.3 is 0 Å². The van der Waals surface area contributed by atoms with Gasteiger partial charge in [0.25, 0.3) is 0 Å². The number of benzene rings is 1. The topological polar surface area (TPSA) is 63.7 Å². The van der Waals surface area contributed by atoms with Crippen LogP contribution in [0.1, 0.15) is 18.4 Å². The fourth-order valence-corrected chi connectivity index (χ4v) is 4.88. The van der Waals surface area contributed by atoms with Gasteiger partial charge in [-0.15, -0.1) is 0 Å². The zero-order valence-electron chi connectivity index (χ0n) is 14.0. The van der Waals surface area contributed by atoms with Crippen LogP contribution in [0, 0.1) is 5.82 Å². The van der Waals surface area contributed by atoms with Gasteiger partial charge in [-0.3, -0.25) is 4.79 Å². The number of hydrogen-bond acceptors (Lipinski definition) is 4. The first-order valence-corrected chi connectivity index (χ1v) is 10.6. The van der Waals surface area contributed by atoms with Crippen molar-refractivity contribution in [3.05, 3.63) is 40.1 Å². The molecule has 5 nitrogen and oxygen atoms in total. The predicted octanol–water partition coefficient (Wildman–Crippen LogP) is 2.65. The van der Waals surface area contributed by atoms with Crippen LogP contribution >= 0.6 is 15.9 Å². The van der Waals surface area contributed by atoms with Crippen molar-refractivity contribution in [3.63, 3.8) is 0 Å². The van der Waals surface area contributed by atoms with E-state index in [0.717, 1.165) is 0 Å². The molecule has 1 aromatic rings. The van der Waals surface area contributed by atoms with Gasteiger partial charge in [0.1, 0.15) is 5.82 Å². The standard InChI is InChI=1S/C17H21BrFNO4S/c1-24-9-2-8-20(15-7-10-25(22,23)12-15)17(21)6-3-13-11-14(18)4-5-16(13)19/h3-6,11,15H,2,7-10,12H2,1H3/b6-3+. The van der Waals surface area contributed by atoms with Gasteiger partial charge in [-0.2, -0.15) is 0 Å². The highest BCUT2D eigenvalue weighted by Gasteiger charge is 2.33. The Morgan fingerprint density at radius 2 is 2.24 bits per heavy atom.